The zero-order valence-corrected chi connectivity index (χ0v) is 8.28. The van der Waals surface area contributed by atoms with Crippen molar-refractivity contribution in [2.75, 3.05) is 0 Å². The number of carbonyl (C=O) groups excluding carboxylic acids is 1. The summed E-state index contributed by atoms with van der Waals surface area (Å²) in [6.07, 6.45) is 11.2. The normalized spacial score (nSPS) is 31.2. The summed E-state index contributed by atoms with van der Waals surface area (Å²) in [6.45, 7) is 3.76. The van der Waals surface area contributed by atoms with E-state index in [0.717, 1.165) is 25.7 Å². The van der Waals surface area contributed by atoms with Crippen molar-refractivity contribution in [1.29, 1.82) is 0 Å². The molecule has 1 aliphatic carbocycles. The predicted octanol–water partition coefficient (Wildman–Crippen LogP) is 1.58. The highest BCUT2D eigenvalue weighted by atomic mass is 16.2. The fourth-order valence-electron chi connectivity index (χ4n) is 2.09. The van der Waals surface area contributed by atoms with Crippen molar-refractivity contribution >= 4 is 5.91 Å². The lowest BCUT2D eigenvalue weighted by atomic mass is 10.2. The highest BCUT2D eigenvalue weighted by Gasteiger charge is 2.41. The maximum absolute atomic E-state index is 11.9. The van der Waals surface area contributed by atoms with E-state index in [2.05, 4.69) is 12.5 Å². The molecule has 1 saturated heterocycles. The summed E-state index contributed by atoms with van der Waals surface area (Å²) >= 11 is 0. The van der Waals surface area contributed by atoms with Crippen LogP contribution in [0.25, 0.3) is 0 Å². The molecule has 0 aromatic rings. The van der Waals surface area contributed by atoms with Gasteiger partial charge in [-0.2, -0.15) is 0 Å². The molecule has 74 valence electrons. The van der Waals surface area contributed by atoms with Crippen LogP contribution in [0.15, 0.2) is 12.7 Å². The lowest BCUT2D eigenvalue weighted by Gasteiger charge is -2.25. The number of hydrogen-bond acceptors (Lipinski definition) is 1. The summed E-state index contributed by atoms with van der Waals surface area (Å²) < 4.78 is 0. The molecule has 1 amide bonds. The van der Waals surface area contributed by atoms with Crippen LogP contribution in [0, 0.1) is 18.3 Å². The number of amides is 1. The molecule has 0 N–H and O–H groups in total. The topological polar surface area (TPSA) is 20.3 Å². The number of carbonyl (C=O) groups is 1. The summed E-state index contributed by atoms with van der Waals surface area (Å²) in [5.74, 6) is 3.20. The van der Waals surface area contributed by atoms with Gasteiger partial charge in [-0.05, 0) is 25.7 Å². The van der Waals surface area contributed by atoms with Gasteiger partial charge in [0, 0.05) is 5.92 Å². The first-order valence-corrected chi connectivity index (χ1v) is 5.18. The second-order valence-corrected chi connectivity index (χ2v) is 4.08. The molecule has 2 aliphatic rings. The van der Waals surface area contributed by atoms with E-state index in [1.54, 1.807) is 0 Å². The first kappa shape index (κ1) is 9.33. The van der Waals surface area contributed by atoms with E-state index < -0.39 is 0 Å². The summed E-state index contributed by atoms with van der Waals surface area (Å²) in [7, 11) is 0. The molecule has 0 radical (unpaired) electrons. The molecule has 2 unspecified atom stereocenters. The van der Waals surface area contributed by atoms with Crippen LogP contribution in [0.3, 0.4) is 0 Å². The number of nitrogens with zero attached hydrogens (tertiary/aromatic N) is 1. The number of rotatable bonds is 2. The smallest absolute Gasteiger partial charge is 0.227 e. The monoisotopic (exact) mass is 189 g/mol. The Balaban J connectivity index is 2.14. The molecule has 1 heterocycles. The third-order valence-corrected chi connectivity index (χ3v) is 3.07. The number of terminal acetylenes is 1. The van der Waals surface area contributed by atoms with Crippen molar-refractivity contribution in [3.63, 3.8) is 0 Å². The minimum Gasteiger partial charge on any atom is -0.322 e. The molecule has 1 aliphatic heterocycles. The average Bonchev–Trinajstić information content (AvgIpc) is 2.96. The third-order valence-electron chi connectivity index (χ3n) is 3.07. The van der Waals surface area contributed by atoms with Crippen LogP contribution in [-0.2, 0) is 4.79 Å². The average molecular weight is 189 g/mol. The molecule has 2 rings (SSSR count). The maximum atomic E-state index is 11.9. The van der Waals surface area contributed by atoms with Crippen LogP contribution in [0.2, 0.25) is 0 Å². The Hall–Kier alpha value is -1.23. The summed E-state index contributed by atoms with van der Waals surface area (Å²) in [5.41, 5.74) is 0. The first-order chi connectivity index (χ1) is 6.77. The molecule has 1 saturated carbocycles. The lowest BCUT2D eigenvalue weighted by molar-refractivity contribution is -0.133. The van der Waals surface area contributed by atoms with E-state index in [-0.39, 0.29) is 23.9 Å². The van der Waals surface area contributed by atoms with Gasteiger partial charge in [0.2, 0.25) is 5.91 Å². The second kappa shape index (κ2) is 3.49. The minimum atomic E-state index is 0.00565. The van der Waals surface area contributed by atoms with Gasteiger partial charge in [-0.1, -0.05) is 12.0 Å². The number of likely N-dealkylation sites (tertiary alicyclic amines) is 1. The Morgan fingerprint density at radius 2 is 2.14 bits per heavy atom. The Morgan fingerprint density at radius 1 is 1.43 bits per heavy atom. The molecule has 2 heteroatoms. The van der Waals surface area contributed by atoms with Crippen LogP contribution in [0.5, 0.6) is 0 Å². The van der Waals surface area contributed by atoms with Crippen LogP contribution in [-0.4, -0.2) is 22.9 Å². The Morgan fingerprint density at radius 3 is 2.64 bits per heavy atom. The van der Waals surface area contributed by atoms with Crippen molar-refractivity contribution in [3.05, 3.63) is 12.7 Å². The van der Waals surface area contributed by atoms with E-state index >= 15 is 0 Å². The van der Waals surface area contributed by atoms with Gasteiger partial charge in [-0.15, -0.1) is 13.0 Å². The fraction of sp³-hybridized carbons (Fsp3) is 0.583. The SMILES string of the molecule is C#CC1CCC(C=C)N1C(=O)C1CC1. The van der Waals surface area contributed by atoms with Crippen molar-refractivity contribution in [2.45, 2.75) is 37.8 Å². The first-order valence-electron chi connectivity index (χ1n) is 5.18. The molecule has 2 atom stereocenters. The van der Waals surface area contributed by atoms with Gasteiger partial charge in [0.05, 0.1) is 12.1 Å². The van der Waals surface area contributed by atoms with Crippen LogP contribution < -0.4 is 0 Å². The van der Waals surface area contributed by atoms with Gasteiger partial charge in [0.25, 0.3) is 0 Å². The van der Waals surface area contributed by atoms with Gasteiger partial charge in [-0.25, -0.2) is 0 Å². The zero-order valence-electron chi connectivity index (χ0n) is 8.28. The largest absolute Gasteiger partial charge is 0.322 e. The summed E-state index contributed by atoms with van der Waals surface area (Å²) in [5, 5.41) is 0. The van der Waals surface area contributed by atoms with Gasteiger partial charge >= 0.3 is 0 Å². The molecule has 0 spiro atoms. The quantitative estimate of drug-likeness (QED) is 0.477. The Kier molecular flexibility index (Phi) is 2.33. The molecular formula is C12H15NO. The molecule has 0 aromatic carbocycles. The van der Waals surface area contributed by atoms with Crippen molar-refractivity contribution in [3.8, 4) is 12.3 Å². The van der Waals surface area contributed by atoms with Crippen molar-refractivity contribution < 1.29 is 4.79 Å². The van der Waals surface area contributed by atoms with E-state index in [1.165, 1.54) is 0 Å². The van der Waals surface area contributed by atoms with Gasteiger partial charge in [-0.3, -0.25) is 4.79 Å². The highest BCUT2D eigenvalue weighted by molar-refractivity contribution is 5.82. The van der Waals surface area contributed by atoms with Crippen LogP contribution >= 0.6 is 0 Å². The van der Waals surface area contributed by atoms with Gasteiger partial charge < -0.3 is 4.90 Å². The third kappa shape index (κ3) is 1.43. The summed E-state index contributed by atoms with van der Waals surface area (Å²) in [4.78, 5) is 13.8. The van der Waals surface area contributed by atoms with Gasteiger partial charge in [0.15, 0.2) is 0 Å². The molecule has 2 fully saturated rings. The van der Waals surface area contributed by atoms with E-state index in [9.17, 15) is 4.79 Å². The van der Waals surface area contributed by atoms with Crippen LogP contribution in [0.1, 0.15) is 25.7 Å². The Labute approximate surface area is 85.0 Å². The van der Waals surface area contributed by atoms with E-state index in [4.69, 9.17) is 6.42 Å². The van der Waals surface area contributed by atoms with E-state index in [0.29, 0.717) is 0 Å². The van der Waals surface area contributed by atoms with Gasteiger partial charge in [0.1, 0.15) is 0 Å². The molecular weight excluding hydrogens is 174 g/mol. The number of hydrogen-bond donors (Lipinski definition) is 0. The highest BCUT2D eigenvalue weighted by Crippen LogP contribution is 2.35. The summed E-state index contributed by atoms with van der Waals surface area (Å²) in [6, 6.07) is 0.176. The minimum absolute atomic E-state index is 0.00565. The standard InChI is InChI=1S/C12H15NO/c1-3-10-7-8-11(4-2)13(10)12(14)9-5-6-9/h1,4,9-11H,2,5-8H2. The van der Waals surface area contributed by atoms with Crippen LogP contribution in [0.4, 0.5) is 0 Å². The predicted molar refractivity (Wildman–Crippen MR) is 55.4 cm³/mol. The van der Waals surface area contributed by atoms with E-state index in [1.807, 2.05) is 11.0 Å². The molecule has 0 aromatic heterocycles. The Bertz CT molecular complexity index is 298. The van der Waals surface area contributed by atoms with Crippen molar-refractivity contribution in [2.24, 2.45) is 5.92 Å². The van der Waals surface area contributed by atoms with Crippen molar-refractivity contribution in [1.82, 2.24) is 4.90 Å². The second-order valence-electron chi connectivity index (χ2n) is 4.08. The lowest BCUT2D eigenvalue weighted by Crippen LogP contribution is -2.40. The molecule has 0 bridgehead atoms. The molecule has 2 nitrogen and oxygen atoms in total. The fourth-order valence-corrected chi connectivity index (χ4v) is 2.09. The zero-order chi connectivity index (χ0) is 10.1. The maximum Gasteiger partial charge on any atom is 0.227 e. The molecule has 14 heavy (non-hydrogen) atoms.